The average molecular weight is 541 g/mol. The third kappa shape index (κ3) is 5.79. The van der Waals surface area contributed by atoms with Gasteiger partial charge >= 0.3 is 0 Å². The molecule has 1 saturated heterocycles. The number of halogens is 2. The van der Waals surface area contributed by atoms with Crippen molar-refractivity contribution in [3.63, 3.8) is 0 Å². The molecule has 0 unspecified atom stereocenters. The number of carbonyl (C=O) groups is 4. The molecule has 8 nitrogen and oxygen atoms in total. The largest absolute Gasteiger partial charge is 0.347 e. The lowest BCUT2D eigenvalue weighted by Crippen LogP contribution is -2.49. The van der Waals surface area contributed by atoms with Crippen LogP contribution in [0.1, 0.15) is 89.1 Å². The monoisotopic (exact) mass is 540 g/mol. The first-order valence-electron chi connectivity index (χ1n) is 13.1. The SMILES string of the molecule is C[C@@H]1CC[C@H](C)N1C(=O)c1ccc([C@@H](C)NC(=O)C2(NC(=O)c3cc(F)cc(C(=O)N(C)C)c3)CC2)c(F)c1. The molecule has 4 amide bonds. The second kappa shape index (κ2) is 10.7. The minimum atomic E-state index is -1.21. The molecule has 1 saturated carbocycles. The highest BCUT2D eigenvalue weighted by Gasteiger charge is 2.51. The van der Waals surface area contributed by atoms with Crippen molar-refractivity contribution >= 4 is 23.6 Å². The number of nitrogens with one attached hydrogen (secondary N) is 2. The third-order valence-electron chi connectivity index (χ3n) is 7.60. The highest BCUT2D eigenvalue weighted by atomic mass is 19.1. The van der Waals surface area contributed by atoms with Crippen molar-refractivity contribution in [1.29, 1.82) is 0 Å². The molecule has 2 N–H and O–H groups in total. The van der Waals surface area contributed by atoms with Crippen molar-refractivity contribution in [2.24, 2.45) is 0 Å². The molecule has 39 heavy (non-hydrogen) atoms. The maximum absolute atomic E-state index is 15.1. The third-order valence-corrected chi connectivity index (χ3v) is 7.60. The van der Waals surface area contributed by atoms with Crippen LogP contribution in [-0.2, 0) is 4.79 Å². The van der Waals surface area contributed by atoms with Crippen LogP contribution in [0.15, 0.2) is 36.4 Å². The van der Waals surface area contributed by atoms with E-state index in [9.17, 15) is 23.6 Å². The molecule has 1 aliphatic heterocycles. The van der Waals surface area contributed by atoms with E-state index in [0.29, 0.717) is 12.8 Å². The standard InChI is InChI=1S/C29H34F2N4O4/c1-16-6-7-17(2)35(16)27(38)19-8-9-23(24(31)15-19)18(3)32-28(39)29(10-11-29)33-25(36)20-12-21(14-22(30)13-20)26(37)34(4)5/h8-9,12-18H,6-7,10-11H2,1-5H3,(H,32,39)(H,33,36)/t16-,17+,18-/m1/s1. The molecule has 3 atom stereocenters. The second-order valence-electron chi connectivity index (χ2n) is 10.9. The summed E-state index contributed by atoms with van der Waals surface area (Å²) in [6.07, 6.45) is 2.53. The Labute approximate surface area is 226 Å². The van der Waals surface area contributed by atoms with E-state index in [1.54, 1.807) is 17.9 Å². The van der Waals surface area contributed by atoms with Crippen LogP contribution >= 0.6 is 0 Å². The predicted octanol–water partition coefficient (Wildman–Crippen LogP) is 3.82. The molecule has 2 aromatic carbocycles. The second-order valence-corrected chi connectivity index (χ2v) is 10.9. The summed E-state index contributed by atoms with van der Waals surface area (Å²) in [7, 11) is 3.03. The zero-order valence-electron chi connectivity index (χ0n) is 22.8. The fourth-order valence-corrected chi connectivity index (χ4v) is 5.09. The molecular formula is C29H34F2N4O4. The molecule has 2 aromatic rings. The van der Waals surface area contributed by atoms with Gasteiger partial charge in [-0.25, -0.2) is 8.78 Å². The van der Waals surface area contributed by atoms with E-state index in [0.717, 1.165) is 25.0 Å². The quantitative estimate of drug-likeness (QED) is 0.558. The van der Waals surface area contributed by atoms with Gasteiger partial charge in [0.15, 0.2) is 0 Å². The van der Waals surface area contributed by atoms with E-state index in [4.69, 9.17) is 0 Å². The number of benzene rings is 2. The minimum Gasteiger partial charge on any atom is -0.347 e. The molecule has 10 heteroatoms. The first-order chi connectivity index (χ1) is 18.3. The van der Waals surface area contributed by atoms with Crippen molar-refractivity contribution in [3.05, 3.63) is 70.3 Å². The van der Waals surface area contributed by atoms with Gasteiger partial charge in [0.05, 0.1) is 6.04 Å². The Morgan fingerprint density at radius 1 is 0.949 bits per heavy atom. The maximum atomic E-state index is 15.1. The topological polar surface area (TPSA) is 98.8 Å². The maximum Gasteiger partial charge on any atom is 0.254 e. The van der Waals surface area contributed by atoms with E-state index in [-0.39, 0.29) is 40.2 Å². The number of hydrogen-bond donors (Lipinski definition) is 2. The molecule has 0 spiro atoms. The highest BCUT2D eigenvalue weighted by molar-refractivity contribution is 6.03. The summed E-state index contributed by atoms with van der Waals surface area (Å²) in [5.74, 6) is -3.23. The predicted molar refractivity (Wildman–Crippen MR) is 141 cm³/mol. The molecule has 0 aromatic heterocycles. The van der Waals surface area contributed by atoms with E-state index in [1.165, 1.54) is 37.2 Å². The lowest BCUT2D eigenvalue weighted by Gasteiger charge is -2.27. The number of amides is 4. The van der Waals surface area contributed by atoms with Crippen molar-refractivity contribution in [3.8, 4) is 0 Å². The Bertz CT molecular complexity index is 1310. The lowest BCUT2D eigenvalue weighted by molar-refractivity contribution is -0.124. The molecule has 4 rings (SSSR count). The van der Waals surface area contributed by atoms with E-state index < -0.39 is 40.9 Å². The fourth-order valence-electron chi connectivity index (χ4n) is 5.09. The molecule has 0 bridgehead atoms. The van der Waals surface area contributed by atoms with Crippen molar-refractivity contribution in [1.82, 2.24) is 20.4 Å². The van der Waals surface area contributed by atoms with Gasteiger partial charge in [-0.1, -0.05) is 6.07 Å². The molecule has 1 heterocycles. The summed E-state index contributed by atoms with van der Waals surface area (Å²) < 4.78 is 29.2. The molecular weight excluding hydrogens is 506 g/mol. The number of likely N-dealkylation sites (tertiary alicyclic amines) is 1. The Kier molecular flexibility index (Phi) is 7.77. The van der Waals surface area contributed by atoms with E-state index in [1.807, 2.05) is 13.8 Å². The summed E-state index contributed by atoms with van der Waals surface area (Å²) in [6.45, 7) is 5.57. The summed E-state index contributed by atoms with van der Waals surface area (Å²) in [5, 5.41) is 5.40. The smallest absolute Gasteiger partial charge is 0.254 e. The number of nitrogens with zero attached hydrogens (tertiary/aromatic N) is 2. The van der Waals surface area contributed by atoms with E-state index >= 15 is 4.39 Å². The van der Waals surface area contributed by atoms with Crippen molar-refractivity contribution in [2.75, 3.05) is 14.1 Å². The average Bonchev–Trinajstić information content (AvgIpc) is 3.59. The Balaban J connectivity index is 1.43. The van der Waals surface area contributed by atoms with Crippen LogP contribution in [0.3, 0.4) is 0 Å². The van der Waals surface area contributed by atoms with Gasteiger partial charge in [0.1, 0.15) is 17.2 Å². The molecule has 2 fully saturated rings. The van der Waals surface area contributed by atoms with Gasteiger partial charge in [-0.2, -0.15) is 0 Å². The van der Waals surface area contributed by atoms with Crippen molar-refractivity contribution in [2.45, 2.75) is 70.1 Å². The van der Waals surface area contributed by atoms with Gasteiger partial charge in [-0.15, -0.1) is 0 Å². The first kappa shape index (κ1) is 28.2. The van der Waals surface area contributed by atoms with Gasteiger partial charge in [0.2, 0.25) is 5.91 Å². The zero-order valence-corrected chi connectivity index (χ0v) is 22.8. The van der Waals surface area contributed by atoms with Crippen LogP contribution in [-0.4, -0.2) is 65.1 Å². The van der Waals surface area contributed by atoms with Crippen LogP contribution in [0.2, 0.25) is 0 Å². The number of hydrogen-bond acceptors (Lipinski definition) is 4. The van der Waals surface area contributed by atoms with Crippen LogP contribution < -0.4 is 10.6 Å². The first-order valence-corrected chi connectivity index (χ1v) is 13.1. The van der Waals surface area contributed by atoms with Gasteiger partial charge in [-0.3, -0.25) is 19.2 Å². The Hall–Kier alpha value is -3.82. The van der Waals surface area contributed by atoms with Gasteiger partial charge in [0.25, 0.3) is 17.7 Å². The summed E-state index contributed by atoms with van der Waals surface area (Å²) >= 11 is 0. The Morgan fingerprint density at radius 2 is 1.56 bits per heavy atom. The summed E-state index contributed by atoms with van der Waals surface area (Å²) in [6, 6.07) is 7.01. The summed E-state index contributed by atoms with van der Waals surface area (Å²) in [4.78, 5) is 54.2. The molecule has 0 radical (unpaired) electrons. The number of rotatable bonds is 7. The minimum absolute atomic E-state index is 0.0131. The van der Waals surface area contributed by atoms with Gasteiger partial charge in [-0.05, 0) is 76.8 Å². The van der Waals surface area contributed by atoms with Gasteiger partial charge in [0, 0.05) is 48.4 Å². The summed E-state index contributed by atoms with van der Waals surface area (Å²) in [5.41, 5.74) is -0.818. The van der Waals surface area contributed by atoms with Crippen molar-refractivity contribution < 1.29 is 28.0 Å². The zero-order chi connectivity index (χ0) is 28.6. The van der Waals surface area contributed by atoms with Crippen LogP contribution in [0, 0.1) is 11.6 Å². The van der Waals surface area contributed by atoms with Gasteiger partial charge < -0.3 is 20.4 Å². The number of carbonyl (C=O) groups excluding carboxylic acids is 4. The fraction of sp³-hybridized carbons (Fsp3) is 0.448. The molecule has 2 aliphatic rings. The van der Waals surface area contributed by atoms with Crippen LogP contribution in [0.25, 0.3) is 0 Å². The van der Waals surface area contributed by atoms with E-state index in [2.05, 4.69) is 10.6 Å². The molecule has 1 aliphatic carbocycles. The lowest BCUT2D eigenvalue weighted by atomic mass is 10.0. The Morgan fingerprint density at radius 3 is 2.13 bits per heavy atom. The van der Waals surface area contributed by atoms with Crippen LogP contribution in [0.4, 0.5) is 8.78 Å². The highest BCUT2D eigenvalue weighted by Crippen LogP contribution is 2.37. The normalized spacial score (nSPS) is 20.2. The van der Waals surface area contributed by atoms with Crippen LogP contribution in [0.5, 0.6) is 0 Å². The molecule has 208 valence electrons.